The van der Waals surface area contributed by atoms with Gasteiger partial charge in [-0.2, -0.15) is 4.98 Å². The summed E-state index contributed by atoms with van der Waals surface area (Å²) >= 11 is 5.68. The third-order valence-electron chi connectivity index (χ3n) is 4.09. The number of hydrogen-bond acceptors (Lipinski definition) is 5. The van der Waals surface area contributed by atoms with Gasteiger partial charge in [0.05, 0.1) is 11.0 Å². The standard InChI is InChI=1S/C17H16ClFN2O3.Na/c1-10-8-14(24-17(16(22)23)6-2-3-7-17)21-15(20-10)11-4-5-12(18)13(19)9-11;/h4-5,8-9H,2-3,6-7H2,1H3,(H,22,23);/q;+1/p-1. The number of aliphatic carboxylic acids is 1. The number of aryl methyl sites for hydroxylation is 1. The second kappa shape index (κ2) is 7.99. The van der Waals surface area contributed by atoms with Crippen LogP contribution in [0.15, 0.2) is 24.3 Å². The van der Waals surface area contributed by atoms with Crippen molar-refractivity contribution in [1.29, 1.82) is 0 Å². The maximum Gasteiger partial charge on any atom is 1.00 e. The summed E-state index contributed by atoms with van der Waals surface area (Å²) in [6.07, 6.45) is 2.27. The number of rotatable bonds is 4. The molecular weight excluding hydrogens is 358 g/mol. The van der Waals surface area contributed by atoms with Gasteiger partial charge in [-0.15, -0.1) is 0 Å². The summed E-state index contributed by atoms with van der Waals surface area (Å²) in [5.74, 6) is -1.44. The molecule has 1 aromatic heterocycles. The maximum atomic E-state index is 13.7. The molecule has 0 N–H and O–H groups in total. The van der Waals surface area contributed by atoms with Crippen molar-refractivity contribution in [2.45, 2.75) is 38.2 Å². The zero-order chi connectivity index (χ0) is 17.3. The average molecular weight is 373 g/mol. The number of ether oxygens (including phenoxy) is 1. The zero-order valence-corrected chi connectivity index (χ0v) is 16.8. The molecule has 1 aliphatic rings. The molecule has 1 saturated carbocycles. The van der Waals surface area contributed by atoms with Crippen LogP contribution in [-0.2, 0) is 4.79 Å². The Balaban J connectivity index is 0.00000225. The zero-order valence-electron chi connectivity index (χ0n) is 14.0. The van der Waals surface area contributed by atoms with Crippen molar-refractivity contribution in [3.8, 4) is 17.3 Å². The predicted molar refractivity (Wildman–Crippen MR) is 84.0 cm³/mol. The van der Waals surface area contributed by atoms with E-state index in [2.05, 4.69) is 9.97 Å². The Kier molecular flexibility index (Phi) is 6.43. The summed E-state index contributed by atoms with van der Waals surface area (Å²) in [5.41, 5.74) is -0.347. The van der Waals surface area contributed by atoms with E-state index in [0.29, 0.717) is 24.1 Å². The van der Waals surface area contributed by atoms with Gasteiger partial charge in [0.25, 0.3) is 0 Å². The molecule has 0 bridgehead atoms. The molecule has 5 nitrogen and oxygen atoms in total. The van der Waals surface area contributed by atoms with Gasteiger partial charge in [0.1, 0.15) is 11.4 Å². The van der Waals surface area contributed by atoms with E-state index < -0.39 is 17.4 Å². The molecule has 0 aliphatic heterocycles. The van der Waals surface area contributed by atoms with E-state index in [0.717, 1.165) is 12.8 Å². The van der Waals surface area contributed by atoms with Crippen LogP contribution in [0.25, 0.3) is 11.4 Å². The van der Waals surface area contributed by atoms with Gasteiger partial charge in [0, 0.05) is 17.3 Å². The summed E-state index contributed by atoms with van der Waals surface area (Å²) in [7, 11) is 0. The minimum Gasteiger partial charge on any atom is -0.546 e. The Labute approximate surface area is 171 Å². The molecule has 8 heteroatoms. The van der Waals surface area contributed by atoms with Crippen LogP contribution in [0.1, 0.15) is 31.4 Å². The van der Waals surface area contributed by atoms with Gasteiger partial charge in [-0.3, -0.25) is 0 Å². The molecule has 1 aromatic carbocycles. The van der Waals surface area contributed by atoms with Crippen molar-refractivity contribution >= 4 is 17.6 Å². The van der Waals surface area contributed by atoms with Gasteiger partial charge in [0.15, 0.2) is 5.82 Å². The third kappa shape index (κ3) is 4.31. The van der Waals surface area contributed by atoms with Crippen molar-refractivity contribution in [1.82, 2.24) is 9.97 Å². The van der Waals surface area contributed by atoms with E-state index in [1.807, 2.05) is 0 Å². The molecule has 3 rings (SSSR count). The van der Waals surface area contributed by atoms with E-state index in [9.17, 15) is 14.3 Å². The van der Waals surface area contributed by atoms with Gasteiger partial charge in [-0.05, 0) is 50.8 Å². The van der Waals surface area contributed by atoms with Crippen LogP contribution in [0.2, 0.25) is 5.02 Å². The average Bonchev–Trinajstić information content (AvgIpc) is 2.99. The van der Waals surface area contributed by atoms with Crippen LogP contribution >= 0.6 is 11.6 Å². The SMILES string of the molecule is Cc1cc(OC2(C(=O)[O-])CCCC2)nc(-c2ccc(Cl)c(F)c2)n1.[Na+]. The van der Waals surface area contributed by atoms with E-state index in [1.165, 1.54) is 12.1 Å². The molecule has 1 heterocycles. The van der Waals surface area contributed by atoms with Crippen molar-refractivity contribution in [2.24, 2.45) is 0 Å². The van der Waals surface area contributed by atoms with Gasteiger partial charge < -0.3 is 14.6 Å². The molecule has 2 aromatic rings. The summed E-state index contributed by atoms with van der Waals surface area (Å²) in [6.45, 7) is 1.73. The van der Waals surface area contributed by atoms with E-state index in [4.69, 9.17) is 16.3 Å². The topological polar surface area (TPSA) is 75.1 Å². The molecule has 0 atom stereocenters. The first-order chi connectivity index (χ1) is 11.4. The maximum absolute atomic E-state index is 13.7. The summed E-state index contributed by atoms with van der Waals surface area (Å²) in [6, 6.07) is 5.79. The van der Waals surface area contributed by atoms with Gasteiger partial charge >= 0.3 is 29.6 Å². The number of carbonyl (C=O) groups is 1. The first-order valence-corrected chi connectivity index (χ1v) is 7.99. The molecule has 0 spiro atoms. The fourth-order valence-corrected chi connectivity index (χ4v) is 2.97. The molecule has 1 aliphatic carbocycles. The van der Waals surface area contributed by atoms with Crippen LogP contribution in [-0.4, -0.2) is 21.5 Å². The number of carbonyl (C=O) groups excluding carboxylic acids is 1. The number of nitrogens with zero attached hydrogens (tertiary/aromatic N) is 2. The minimum atomic E-state index is -1.36. The van der Waals surface area contributed by atoms with Crippen molar-refractivity contribution in [3.05, 3.63) is 40.8 Å². The summed E-state index contributed by atoms with van der Waals surface area (Å²) in [5, 5.41) is 11.5. The summed E-state index contributed by atoms with van der Waals surface area (Å²) < 4.78 is 19.3. The normalized spacial score (nSPS) is 15.5. The number of aromatic nitrogens is 2. The van der Waals surface area contributed by atoms with Crippen LogP contribution in [0.5, 0.6) is 5.88 Å². The minimum absolute atomic E-state index is 0. The number of halogens is 2. The number of hydrogen-bond donors (Lipinski definition) is 0. The molecule has 25 heavy (non-hydrogen) atoms. The van der Waals surface area contributed by atoms with Gasteiger partial charge in [-0.1, -0.05) is 11.6 Å². The Morgan fingerprint density at radius 2 is 1.96 bits per heavy atom. The molecule has 0 amide bonds. The van der Waals surface area contributed by atoms with Crippen molar-refractivity contribution in [2.75, 3.05) is 0 Å². The number of carboxylic acid groups (broad SMARTS) is 1. The number of benzene rings is 1. The predicted octanol–water partition coefficient (Wildman–Crippen LogP) is -0.310. The number of carboxylic acids is 1. The fraction of sp³-hybridized carbons (Fsp3) is 0.353. The quantitative estimate of drug-likeness (QED) is 0.688. The van der Waals surface area contributed by atoms with Crippen LogP contribution < -0.4 is 39.4 Å². The first-order valence-electron chi connectivity index (χ1n) is 7.61. The van der Waals surface area contributed by atoms with E-state index in [1.54, 1.807) is 19.1 Å². The van der Waals surface area contributed by atoms with Crippen LogP contribution in [0.3, 0.4) is 0 Å². The molecule has 0 radical (unpaired) electrons. The van der Waals surface area contributed by atoms with Crippen molar-refractivity contribution in [3.63, 3.8) is 0 Å². The summed E-state index contributed by atoms with van der Waals surface area (Å²) in [4.78, 5) is 20.0. The molecule has 0 unspecified atom stereocenters. The van der Waals surface area contributed by atoms with E-state index >= 15 is 0 Å². The molecule has 126 valence electrons. The van der Waals surface area contributed by atoms with Crippen molar-refractivity contribution < 1.29 is 48.6 Å². The van der Waals surface area contributed by atoms with Crippen LogP contribution in [0, 0.1) is 12.7 Å². The molecule has 1 fully saturated rings. The van der Waals surface area contributed by atoms with E-state index in [-0.39, 0.29) is 46.3 Å². The Morgan fingerprint density at radius 3 is 2.56 bits per heavy atom. The third-order valence-corrected chi connectivity index (χ3v) is 4.40. The Hall–Kier alpha value is -1.21. The van der Waals surface area contributed by atoms with Gasteiger partial charge in [0.2, 0.25) is 5.88 Å². The second-order valence-electron chi connectivity index (χ2n) is 5.89. The van der Waals surface area contributed by atoms with Crippen LogP contribution in [0.4, 0.5) is 4.39 Å². The smallest absolute Gasteiger partial charge is 0.546 e. The Bertz CT molecular complexity index is 797. The second-order valence-corrected chi connectivity index (χ2v) is 6.30. The Morgan fingerprint density at radius 1 is 1.28 bits per heavy atom. The largest absolute Gasteiger partial charge is 1.00 e. The molecular formula is C17H15ClFN2NaO3. The molecule has 0 saturated heterocycles. The monoisotopic (exact) mass is 372 g/mol. The first kappa shape index (κ1) is 20.1. The van der Waals surface area contributed by atoms with Gasteiger partial charge in [-0.25, -0.2) is 9.37 Å². The fourth-order valence-electron chi connectivity index (χ4n) is 2.85.